The van der Waals surface area contributed by atoms with E-state index in [0.717, 1.165) is 22.7 Å². The van der Waals surface area contributed by atoms with Crippen LogP contribution in [0.25, 0.3) is 5.57 Å². The largest absolute Gasteiger partial charge is 0.540 e. The SMILES string of the molecule is C=CCOC(=O)N=C(CCc1ccc(C2=CN3C(=O)c4cc(OC)c(O[Si](C(C)C)(C(C)C)C(C)C)cc4N(COCC[Si](C)(C)C)C(=O)[C@@H]3C2)cc1)NC(=O)OCC=C. The number of aryl methyl sites for hydroxylation is 1. The third-order valence-corrected chi connectivity index (χ3v) is 18.6. The topological polar surface area (TPSA) is 145 Å². The minimum Gasteiger partial charge on any atom is -0.540 e. The zero-order chi connectivity index (χ0) is 44.4. The van der Waals surface area contributed by atoms with Gasteiger partial charge in [-0.1, -0.05) is 111 Å². The number of benzene rings is 2. The van der Waals surface area contributed by atoms with Crippen molar-refractivity contribution in [1.29, 1.82) is 0 Å². The van der Waals surface area contributed by atoms with E-state index in [-0.39, 0.29) is 60.6 Å². The number of nitrogens with zero attached hydrogens (tertiary/aromatic N) is 3. The number of anilines is 1. The van der Waals surface area contributed by atoms with Crippen LogP contribution in [-0.4, -0.2) is 90.8 Å². The summed E-state index contributed by atoms with van der Waals surface area (Å²) < 4.78 is 29.2. The molecule has 2 aliphatic heterocycles. The Kier molecular flexibility index (Phi) is 16.7. The number of amidine groups is 1. The molecule has 0 bridgehead atoms. The molecule has 4 amide bonds. The smallest absolute Gasteiger partial charge is 0.435 e. The molecule has 0 saturated heterocycles. The van der Waals surface area contributed by atoms with E-state index in [0.29, 0.717) is 42.2 Å². The van der Waals surface area contributed by atoms with Crippen LogP contribution in [-0.2, 0) is 25.4 Å². The summed E-state index contributed by atoms with van der Waals surface area (Å²) in [6.45, 7) is 27.6. The van der Waals surface area contributed by atoms with Crippen LogP contribution >= 0.6 is 0 Å². The van der Waals surface area contributed by atoms with E-state index >= 15 is 0 Å². The molecule has 0 radical (unpaired) electrons. The highest BCUT2D eigenvalue weighted by molar-refractivity contribution is 6.78. The van der Waals surface area contributed by atoms with Gasteiger partial charge >= 0.3 is 12.2 Å². The van der Waals surface area contributed by atoms with Crippen LogP contribution in [0.2, 0.25) is 42.3 Å². The molecule has 0 fully saturated rings. The number of nitrogens with one attached hydrogen (secondary N) is 1. The van der Waals surface area contributed by atoms with Crippen molar-refractivity contribution in [3.8, 4) is 11.5 Å². The average Bonchev–Trinajstić information content (AvgIpc) is 3.62. The van der Waals surface area contributed by atoms with Crippen molar-refractivity contribution in [2.45, 2.75) is 109 Å². The predicted molar refractivity (Wildman–Crippen MR) is 242 cm³/mol. The first-order chi connectivity index (χ1) is 28.4. The fourth-order valence-electron chi connectivity index (χ4n) is 7.90. The number of alkyl carbamates (subject to hydrolysis) is 1. The lowest BCUT2D eigenvalue weighted by Crippen LogP contribution is -2.50. The third kappa shape index (κ3) is 11.6. The molecule has 2 aromatic rings. The lowest BCUT2D eigenvalue weighted by atomic mass is 9.99. The molecule has 4 rings (SSSR count). The monoisotopic (exact) mass is 860 g/mol. The van der Waals surface area contributed by atoms with Gasteiger partial charge in [-0.2, -0.15) is 4.99 Å². The van der Waals surface area contributed by atoms with Gasteiger partial charge in [-0.25, -0.2) is 9.59 Å². The first-order valence-corrected chi connectivity index (χ1v) is 26.5. The van der Waals surface area contributed by atoms with Crippen molar-refractivity contribution in [2.75, 3.05) is 38.6 Å². The number of rotatable bonds is 19. The minimum absolute atomic E-state index is 0.00883. The van der Waals surface area contributed by atoms with Crippen LogP contribution in [0.15, 0.2) is 72.9 Å². The number of hydrogen-bond donors (Lipinski definition) is 1. The molecule has 0 aliphatic carbocycles. The third-order valence-electron chi connectivity index (χ3n) is 10.9. The summed E-state index contributed by atoms with van der Waals surface area (Å²) in [6.07, 6.45) is 3.89. The Balaban J connectivity index is 1.66. The number of fused-ring (bicyclic) bond motifs is 2. The lowest BCUT2D eigenvalue weighted by molar-refractivity contribution is -0.122. The van der Waals surface area contributed by atoms with E-state index in [4.69, 9.17) is 23.4 Å². The maximum absolute atomic E-state index is 14.7. The molecule has 13 nitrogen and oxygen atoms in total. The van der Waals surface area contributed by atoms with Gasteiger partial charge in [-0.15, -0.1) is 0 Å². The predicted octanol–water partition coefficient (Wildman–Crippen LogP) is 9.73. The van der Waals surface area contributed by atoms with Crippen molar-refractivity contribution < 1.29 is 42.6 Å². The molecule has 2 aliphatic rings. The van der Waals surface area contributed by atoms with Gasteiger partial charge in [-0.05, 0) is 51.9 Å². The van der Waals surface area contributed by atoms with Crippen LogP contribution in [0, 0.1) is 0 Å². The minimum atomic E-state index is -2.46. The standard InChI is InChI=1S/C45H64N4O9Si2/c1-13-21-56-44(52)46-41(47-45(53)57-22-14-2)20-17-33-15-18-34(19-16-33)35-25-38-43(51)49(29-55-23-24-59(10,11)12)37-27-40(58-60(30(3)4,31(5)6)32(7)8)39(54-9)26-36(37)42(50)48(38)28-35/h13-16,18-19,26-28,30-32,38H,1-2,17,20-25,29H2,3-12H3,(H,46,47,52,53)/t38-/m0/s1. The van der Waals surface area contributed by atoms with Crippen LogP contribution in [0.5, 0.6) is 11.5 Å². The Hall–Kier alpha value is -5.00. The lowest BCUT2D eigenvalue weighted by Gasteiger charge is -2.42. The zero-order valence-electron chi connectivity index (χ0n) is 37.1. The fraction of sp³-hybridized carbons (Fsp3) is 0.489. The molecule has 326 valence electrons. The molecule has 0 spiro atoms. The van der Waals surface area contributed by atoms with Gasteiger partial charge in [0, 0.05) is 39.8 Å². The molecule has 1 N–H and O–H groups in total. The zero-order valence-corrected chi connectivity index (χ0v) is 39.1. The van der Waals surface area contributed by atoms with Crippen LogP contribution in [0.1, 0.15) is 75.9 Å². The number of amides is 4. The second kappa shape index (κ2) is 21.0. The molecule has 15 heteroatoms. The van der Waals surface area contributed by atoms with Crippen LogP contribution < -0.4 is 19.4 Å². The summed E-state index contributed by atoms with van der Waals surface area (Å²) in [5, 5.41) is 2.51. The van der Waals surface area contributed by atoms with E-state index in [1.54, 1.807) is 24.3 Å². The molecule has 0 aromatic heterocycles. The summed E-state index contributed by atoms with van der Waals surface area (Å²) in [4.78, 5) is 60.8. The van der Waals surface area contributed by atoms with Gasteiger partial charge in [-0.3, -0.25) is 19.8 Å². The van der Waals surface area contributed by atoms with Gasteiger partial charge in [0.1, 0.15) is 37.6 Å². The normalized spacial score (nSPS) is 15.7. The average molecular weight is 861 g/mol. The van der Waals surface area contributed by atoms with Crippen molar-refractivity contribution in [1.82, 2.24) is 10.2 Å². The van der Waals surface area contributed by atoms with Crippen molar-refractivity contribution in [2.24, 2.45) is 4.99 Å². The first-order valence-electron chi connectivity index (χ1n) is 20.7. The van der Waals surface area contributed by atoms with Gasteiger partial charge in [0.25, 0.3) is 20.1 Å². The Morgan fingerprint density at radius 3 is 2.15 bits per heavy atom. The molecular formula is C45H64N4O9Si2. The number of aliphatic imine (C=N–C) groups is 1. The quantitative estimate of drug-likeness (QED) is 0.0480. The van der Waals surface area contributed by atoms with Crippen molar-refractivity contribution in [3.05, 3.63) is 84.6 Å². The molecule has 0 unspecified atom stereocenters. The Morgan fingerprint density at radius 1 is 0.933 bits per heavy atom. The van der Waals surface area contributed by atoms with Crippen LogP contribution in [0.4, 0.5) is 15.3 Å². The maximum atomic E-state index is 14.7. The number of carbonyl (C=O) groups is 4. The highest BCUT2D eigenvalue weighted by Gasteiger charge is 2.48. The second-order valence-electron chi connectivity index (χ2n) is 17.3. The Bertz CT molecular complexity index is 1930. The van der Waals surface area contributed by atoms with E-state index in [1.807, 2.05) is 30.3 Å². The molecule has 2 aromatic carbocycles. The fourth-order valence-corrected chi connectivity index (χ4v) is 13.9. The van der Waals surface area contributed by atoms with Crippen LogP contribution in [0.3, 0.4) is 0 Å². The molecule has 0 saturated carbocycles. The molecule has 60 heavy (non-hydrogen) atoms. The first kappa shape index (κ1) is 47.7. The highest BCUT2D eigenvalue weighted by Crippen LogP contribution is 2.47. The van der Waals surface area contributed by atoms with Gasteiger partial charge in [0.05, 0.1) is 18.4 Å². The van der Waals surface area contributed by atoms with Crippen molar-refractivity contribution in [3.63, 3.8) is 0 Å². The Labute approximate surface area is 358 Å². The van der Waals surface area contributed by atoms with Gasteiger partial charge in [0.2, 0.25) is 0 Å². The number of carbonyl (C=O) groups excluding carboxylic acids is 4. The number of methoxy groups -OCH3 is 1. The van der Waals surface area contributed by atoms with E-state index in [9.17, 15) is 19.2 Å². The second-order valence-corrected chi connectivity index (χ2v) is 28.3. The summed E-state index contributed by atoms with van der Waals surface area (Å²) in [5.74, 6) is 0.487. The summed E-state index contributed by atoms with van der Waals surface area (Å²) in [5.41, 5.74) is 4.19. The summed E-state index contributed by atoms with van der Waals surface area (Å²) in [7, 11) is -2.31. The number of ether oxygens (including phenoxy) is 4. The Morgan fingerprint density at radius 2 is 1.57 bits per heavy atom. The summed E-state index contributed by atoms with van der Waals surface area (Å²) in [6, 6.07) is 11.3. The van der Waals surface area contributed by atoms with Gasteiger partial charge in [0.15, 0.2) is 5.75 Å². The van der Waals surface area contributed by atoms with Gasteiger partial charge < -0.3 is 28.3 Å². The highest BCUT2D eigenvalue weighted by atomic mass is 28.4. The van der Waals surface area contributed by atoms with E-state index < -0.39 is 34.6 Å². The molecular weight excluding hydrogens is 797 g/mol. The summed E-state index contributed by atoms with van der Waals surface area (Å²) >= 11 is 0. The van der Waals surface area contributed by atoms with E-state index in [2.05, 4.69) is 84.7 Å². The number of hydrogen-bond acceptors (Lipinski definition) is 9. The van der Waals surface area contributed by atoms with Crippen molar-refractivity contribution >= 4 is 57.5 Å². The molecule has 1 atom stereocenters. The van der Waals surface area contributed by atoms with E-state index in [1.165, 1.54) is 17.1 Å². The molecule has 2 heterocycles. The maximum Gasteiger partial charge on any atom is 0.435 e.